The van der Waals surface area contributed by atoms with Crippen LogP contribution in [0.15, 0.2) is 109 Å². The monoisotopic (exact) mass is 481 g/mol. The molecular weight excluding hydrogens is 462 g/mol. The molecule has 8 aromatic rings. The predicted molar refractivity (Wildman–Crippen MR) is 157 cm³/mol. The Morgan fingerprint density at radius 3 is 1.94 bits per heavy atom. The SMILES string of the molecule is c1ccc2c(c1)ccc1c2sc2cccc(Nc3cccc4c3sc3ccc5ccccc5c34)c21. The van der Waals surface area contributed by atoms with Gasteiger partial charge >= 0.3 is 0 Å². The molecule has 0 aliphatic carbocycles. The molecule has 1 N–H and O–H groups in total. The largest absolute Gasteiger partial charge is 0.354 e. The quantitative estimate of drug-likeness (QED) is 0.259. The summed E-state index contributed by atoms with van der Waals surface area (Å²) in [5, 5.41) is 14.4. The van der Waals surface area contributed by atoms with Crippen molar-refractivity contribution in [2.75, 3.05) is 5.32 Å². The van der Waals surface area contributed by atoms with Crippen LogP contribution >= 0.6 is 22.7 Å². The molecule has 0 aliphatic rings. The Bertz CT molecular complexity index is 2090. The highest BCUT2D eigenvalue weighted by Gasteiger charge is 2.15. The van der Waals surface area contributed by atoms with Crippen molar-refractivity contribution in [3.63, 3.8) is 0 Å². The van der Waals surface area contributed by atoms with Crippen LogP contribution in [-0.4, -0.2) is 0 Å². The molecule has 0 radical (unpaired) electrons. The Balaban J connectivity index is 1.37. The van der Waals surface area contributed by atoms with Crippen LogP contribution in [0.25, 0.3) is 61.9 Å². The molecule has 0 atom stereocenters. The first-order chi connectivity index (χ1) is 17.3. The van der Waals surface area contributed by atoms with Gasteiger partial charge in [0.1, 0.15) is 0 Å². The topological polar surface area (TPSA) is 12.0 Å². The maximum absolute atomic E-state index is 3.84. The molecule has 0 fully saturated rings. The van der Waals surface area contributed by atoms with Crippen LogP contribution in [0.3, 0.4) is 0 Å². The summed E-state index contributed by atoms with van der Waals surface area (Å²) in [4.78, 5) is 0. The summed E-state index contributed by atoms with van der Waals surface area (Å²) >= 11 is 3.76. The van der Waals surface area contributed by atoms with E-state index >= 15 is 0 Å². The molecule has 6 aromatic carbocycles. The van der Waals surface area contributed by atoms with Crippen molar-refractivity contribution < 1.29 is 0 Å². The van der Waals surface area contributed by atoms with E-state index in [-0.39, 0.29) is 0 Å². The Labute approximate surface area is 209 Å². The lowest BCUT2D eigenvalue weighted by Crippen LogP contribution is -1.90. The third-order valence-corrected chi connectivity index (χ3v) is 9.45. The third kappa shape index (κ3) is 2.80. The molecule has 2 heterocycles. The minimum absolute atomic E-state index is 1.17. The van der Waals surface area contributed by atoms with Gasteiger partial charge in [-0.2, -0.15) is 0 Å². The molecule has 0 saturated carbocycles. The van der Waals surface area contributed by atoms with Crippen LogP contribution in [0.2, 0.25) is 0 Å². The molecule has 0 spiro atoms. The van der Waals surface area contributed by atoms with E-state index in [1.807, 2.05) is 22.7 Å². The number of nitrogens with one attached hydrogen (secondary N) is 1. The lowest BCUT2D eigenvalue weighted by molar-refractivity contribution is 1.65. The number of hydrogen-bond acceptors (Lipinski definition) is 3. The van der Waals surface area contributed by atoms with Crippen LogP contribution in [-0.2, 0) is 0 Å². The zero-order chi connectivity index (χ0) is 22.9. The Morgan fingerprint density at radius 2 is 1.03 bits per heavy atom. The number of benzene rings is 6. The van der Waals surface area contributed by atoms with E-state index in [9.17, 15) is 0 Å². The van der Waals surface area contributed by atoms with Gasteiger partial charge in [0.05, 0.1) is 10.4 Å². The normalized spacial score (nSPS) is 12.0. The molecule has 0 bridgehead atoms. The van der Waals surface area contributed by atoms with Crippen LogP contribution in [0.5, 0.6) is 0 Å². The van der Waals surface area contributed by atoms with Crippen molar-refractivity contribution in [3.05, 3.63) is 109 Å². The first-order valence-electron chi connectivity index (χ1n) is 11.8. The molecule has 3 heteroatoms. The third-order valence-electron chi connectivity index (χ3n) is 7.04. The van der Waals surface area contributed by atoms with Gasteiger partial charge in [-0.05, 0) is 45.8 Å². The second-order valence-electron chi connectivity index (χ2n) is 9.01. The first-order valence-corrected chi connectivity index (χ1v) is 13.4. The molecule has 164 valence electrons. The molecule has 0 unspecified atom stereocenters. The van der Waals surface area contributed by atoms with Crippen LogP contribution in [0, 0.1) is 0 Å². The van der Waals surface area contributed by atoms with Crippen molar-refractivity contribution in [1.29, 1.82) is 0 Å². The zero-order valence-corrected chi connectivity index (χ0v) is 20.3. The van der Waals surface area contributed by atoms with E-state index < -0.39 is 0 Å². The molecule has 0 saturated heterocycles. The fourth-order valence-electron chi connectivity index (χ4n) is 5.47. The van der Waals surface area contributed by atoms with Gasteiger partial charge in [-0.3, -0.25) is 0 Å². The summed E-state index contributed by atoms with van der Waals surface area (Å²) in [5.74, 6) is 0. The fraction of sp³-hybridized carbons (Fsp3) is 0. The summed E-state index contributed by atoms with van der Waals surface area (Å²) < 4.78 is 5.31. The minimum atomic E-state index is 1.17. The summed E-state index contributed by atoms with van der Waals surface area (Å²) in [6.45, 7) is 0. The van der Waals surface area contributed by atoms with Crippen molar-refractivity contribution >= 4 is 95.9 Å². The summed E-state index contributed by atoms with van der Waals surface area (Å²) in [6.07, 6.45) is 0. The van der Waals surface area contributed by atoms with Gasteiger partial charge in [-0.25, -0.2) is 0 Å². The number of fused-ring (bicyclic) bond motifs is 10. The van der Waals surface area contributed by atoms with E-state index in [2.05, 4.69) is 115 Å². The van der Waals surface area contributed by atoms with Crippen LogP contribution in [0.4, 0.5) is 11.4 Å². The summed E-state index contributed by atoms with van der Waals surface area (Å²) in [5.41, 5.74) is 2.33. The lowest BCUT2D eigenvalue weighted by atomic mass is 10.0. The molecule has 35 heavy (non-hydrogen) atoms. The van der Waals surface area contributed by atoms with Gasteiger partial charge in [-0.1, -0.05) is 84.9 Å². The Morgan fingerprint density at radius 1 is 0.400 bits per heavy atom. The van der Waals surface area contributed by atoms with Crippen LogP contribution < -0.4 is 5.32 Å². The average Bonchev–Trinajstić information content (AvgIpc) is 3.49. The van der Waals surface area contributed by atoms with E-state index in [0.29, 0.717) is 0 Å². The van der Waals surface area contributed by atoms with Crippen molar-refractivity contribution in [1.82, 2.24) is 0 Å². The standard InChI is InChI=1S/C32H19NS2/c1-3-9-21-19(7-1)16-18-28-29(21)23-11-5-13-26(32(23)35-28)33-25-12-6-14-27-30(25)24-17-15-20-8-2-4-10-22(20)31(24)34-27/h1-18,33H. The smallest absolute Gasteiger partial charge is 0.0590 e. The van der Waals surface area contributed by atoms with E-state index in [1.165, 1.54) is 73.3 Å². The Kier molecular flexibility index (Phi) is 4.04. The maximum atomic E-state index is 3.84. The van der Waals surface area contributed by atoms with Gasteiger partial charge in [0.25, 0.3) is 0 Å². The van der Waals surface area contributed by atoms with E-state index in [4.69, 9.17) is 0 Å². The highest BCUT2D eigenvalue weighted by Crippen LogP contribution is 2.45. The van der Waals surface area contributed by atoms with Gasteiger partial charge in [0, 0.05) is 41.3 Å². The highest BCUT2D eigenvalue weighted by molar-refractivity contribution is 7.27. The van der Waals surface area contributed by atoms with Crippen molar-refractivity contribution in [2.45, 2.75) is 0 Å². The van der Waals surface area contributed by atoms with Crippen molar-refractivity contribution in [3.8, 4) is 0 Å². The zero-order valence-electron chi connectivity index (χ0n) is 18.7. The molecule has 8 rings (SSSR count). The number of rotatable bonds is 2. The minimum Gasteiger partial charge on any atom is -0.354 e. The molecule has 2 aromatic heterocycles. The van der Waals surface area contributed by atoms with E-state index in [1.54, 1.807) is 0 Å². The van der Waals surface area contributed by atoms with Gasteiger partial charge in [0.2, 0.25) is 0 Å². The molecular formula is C32H19NS2. The van der Waals surface area contributed by atoms with Gasteiger partial charge < -0.3 is 5.32 Å². The fourth-order valence-corrected chi connectivity index (χ4v) is 7.92. The highest BCUT2D eigenvalue weighted by atomic mass is 32.1. The molecule has 1 nitrogen and oxygen atoms in total. The molecule has 0 amide bonds. The maximum Gasteiger partial charge on any atom is 0.0590 e. The number of thiophene rings is 2. The van der Waals surface area contributed by atoms with Crippen LogP contribution in [0.1, 0.15) is 0 Å². The number of anilines is 2. The average molecular weight is 482 g/mol. The second kappa shape index (κ2) is 7.29. The lowest BCUT2D eigenvalue weighted by Gasteiger charge is -2.10. The summed E-state index contributed by atoms with van der Waals surface area (Å²) in [7, 11) is 0. The van der Waals surface area contributed by atoms with Gasteiger partial charge in [0.15, 0.2) is 0 Å². The number of hydrogen-bond donors (Lipinski definition) is 1. The van der Waals surface area contributed by atoms with E-state index in [0.717, 1.165) is 0 Å². The second-order valence-corrected chi connectivity index (χ2v) is 11.1. The van der Waals surface area contributed by atoms with Crippen molar-refractivity contribution in [2.24, 2.45) is 0 Å². The Hall–Kier alpha value is -3.92. The van der Waals surface area contributed by atoms with Gasteiger partial charge in [-0.15, -0.1) is 22.7 Å². The predicted octanol–water partition coefficient (Wildman–Crippen LogP) is 10.5. The first kappa shape index (κ1) is 19.4. The molecule has 0 aliphatic heterocycles. The summed E-state index contributed by atoms with van der Waals surface area (Å²) in [6, 6.07) is 39.7.